The lowest BCUT2D eigenvalue weighted by Gasteiger charge is -2.18. The Bertz CT molecular complexity index is 375. The Balaban J connectivity index is 2.66. The van der Waals surface area contributed by atoms with Gasteiger partial charge in [0.1, 0.15) is 0 Å². The fourth-order valence-electron chi connectivity index (χ4n) is 2.17. The molecule has 0 spiro atoms. The van der Waals surface area contributed by atoms with Crippen LogP contribution in [0, 0.1) is 0 Å². The smallest absolute Gasteiger partial charge is 0.0320 e. The largest absolute Gasteiger partial charge is 0.399 e. The van der Waals surface area contributed by atoms with Crippen molar-refractivity contribution in [2.75, 3.05) is 5.73 Å². The summed E-state index contributed by atoms with van der Waals surface area (Å²) in [5.74, 6) is 0. The Hall–Kier alpha value is -1.24. The number of hydrogen-bond donors (Lipinski definition) is 1. The fraction of sp³-hybridized carbons (Fsp3) is 0.333. The first-order valence-electron chi connectivity index (χ1n) is 4.59. The summed E-state index contributed by atoms with van der Waals surface area (Å²) in [5, 5.41) is 0. The van der Waals surface area contributed by atoms with Crippen LogP contribution in [-0.2, 0) is 5.41 Å². The highest BCUT2D eigenvalue weighted by Gasteiger charge is 2.31. The highest BCUT2D eigenvalue weighted by molar-refractivity contribution is 5.76. The lowest BCUT2D eigenvalue weighted by Crippen LogP contribution is -2.11. The maximum atomic E-state index is 5.74. The molecule has 13 heavy (non-hydrogen) atoms. The standard InChI is InChI=1S/C12H15N/c1-8-7-12(2,3)11-5-4-9(13)6-10(8)11/h4-6H,1,7,13H2,2-3H3. The van der Waals surface area contributed by atoms with Crippen molar-refractivity contribution in [1.29, 1.82) is 0 Å². The van der Waals surface area contributed by atoms with Gasteiger partial charge in [0.25, 0.3) is 0 Å². The van der Waals surface area contributed by atoms with Crippen LogP contribution in [0.15, 0.2) is 24.8 Å². The molecule has 0 saturated carbocycles. The lowest BCUT2D eigenvalue weighted by molar-refractivity contribution is 0.563. The first-order valence-corrected chi connectivity index (χ1v) is 4.59. The van der Waals surface area contributed by atoms with Gasteiger partial charge in [-0.2, -0.15) is 0 Å². The molecule has 0 heterocycles. The van der Waals surface area contributed by atoms with Gasteiger partial charge in [-0.25, -0.2) is 0 Å². The first-order chi connectivity index (χ1) is 6.00. The van der Waals surface area contributed by atoms with Gasteiger partial charge in [-0.15, -0.1) is 0 Å². The molecule has 1 aromatic rings. The van der Waals surface area contributed by atoms with E-state index in [0.717, 1.165) is 12.1 Å². The van der Waals surface area contributed by atoms with E-state index in [4.69, 9.17) is 5.73 Å². The zero-order chi connectivity index (χ0) is 9.64. The number of fused-ring (bicyclic) bond motifs is 1. The predicted molar refractivity (Wildman–Crippen MR) is 57.5 cm³/mol. The summed E-state index contributed by atoms with van der Waals surface area (Å²) in [6.45, 7) is 8.58. The lowest BCUT2D eigenvalue weighted by atomic mass is 9.86. The molecule has 0 radical (unpaired) electrons. The van der Waals surface area contributed by atoms with E-state index in [2.05, 4.69) is 26.5 Å². The van der Waals surface area contributed by atoms with Crippen molar-refractivity contribution in [2.24, 2.45) is 0 Å². The molecular formula is C12H15N. The molecule has 1 aliphatic rings. The van der Waals surface area contributed by atoms with Crippen LogP contribution in [0.1, 0.15) is 31.4 Å². The van der Waals surface area contributed by atoms with E-state index in [-0.39, 0.29) is 5.41 Å². The Kier molecular flexibility index (Phi) is 1.53. The molecule has 68 valence electrons. The molecule has 0 bridgehead atoms. The van der Waals surface area contributed by atoms with Crippen LogP contribution in [0.5, 0.6) is 0 Å². The summed E-state index contributed by atoms with van der Waals surface area (Å²) in [6, 6.07) is 6.13. The quantitative estimate of drug-likeness (QED) is 0.600. The zero-order valence-electron chi connectivity index (χ0n) is 8.22. The van der Waals surface area contributed by atoms with Crippen molar-refractivity contribution in [3.8, 4) is 0 Å². The van der Waals surface area contributed by atoms with Crippen LogP contribution in [-0.4, -0.2) is 0 Å². The molecule has 1 aliphatic carbocycles. The molecule has 0 aliphatic heterocycles. The Morgan fingerprint density at radius 1 is 1.38 bits per heavy atom. The van der Waals surface area contributed by atoms with Gasteiger partial charge in [-0.1, -0.05) is 26.5 Å². The summed E-state index contributed by atoms with van der Waals surface area (Å²) in [6.07, 6.45) is 1.05. The molecule has 0 saturated heterocycles. The van der Waals surface area contributed by atoms with E-state index in [1.165, 1.54) is 16.7 Å². The number of benzene rings is 1. The average molecular weight is 173 g/mol. The summed E-state index contributed by atoms with van der Waals surface area (Å²) < 4.78 is 0. The number of nitrogen functional groups attached to an aromatic ring is 1. The van der Waals surface area contributed by atoms with Crippen LogP contribution >= 0.6 is 0 Å². The van der Waals surface area contributed by atoms with Crippen molar-refractivity contribution < 1.29 is 0 Å². The van der Waals surface area contributed by atoms with Crippen LogP contribution < -0.4 is 5.73 Å². The van der Waals surface area contributed by atoms with Gasteiger partial charge in [0.2, 0.25) is 0 Å². The van der Waals surface area contributed by atoms with Crippen molar-refractivity contribution >= 4 is 11.3 Å². The topological polar surface area (TPSA) is 26.0 Å². The van der Waals surface area contributed by atoms with E-state index in [1.54, 1.807) is 0 Å². The average Bonchev–Trinajstić information content (AvgIpc) is 2.22. The van der Waals surface area contributed by atoms with Crippen molar-refractivity contribution in [1.82, 2.24) is 0 Å². The molecule has 0 unspecified atom stereocenters. The van der Waals surface area contributed by atoms with E-state index in [9.17, 15) is 0 Å². The third kappa shape index (κ3) is 1.15. The highest BCUT2D eigenvalue weighted by atomic mass is 14.5. The van der Waals surface area contributed by atoms with Crippen molar-refractivity contribution in [2.45, 2.75) is 25.7 Å². The summed E-state index contributed by atoms with van der Waals surface area (Å²) in [5.41, 5.74) is 10.7. The molecule has 2 N–H and O–H groups in total. The van der Waals surface area contributed by atoms with Gasteiger partial charge >= 0.3 is 0 Å². The SMILES string of the molecule is C=C1CC(C)(C)c2ccc(N)cc21. The second-order valence-corrected chi connectivity index (χ2v) is 4.47. The van der Waals surface area contributed by atoms with Gasteiger partial charge in [0, 0.05) is 5.69 Å². The zero-order valence-corrected chi connectivity index (χ0v) is 8.22. The normalized spacial score (nSPS) is 18.8. The Morgan fingerprint density at radius 2 is 2.08 bits per heavy atom. The maximum absolute atomic E-state index is 5.74. The molecule has 0 atom stereocenters. The molecule has 2 rings (SSSR count). The van der Waals surface area contributed by atoms with Crippen LogP contribution in [0.3, 0.4) is 0 Å². The van der Waals surface area contributed by atoms with Crippen molar-refractivity contribution in [3.05, 3.63) is 35.9 Å². The number of nitrogens with two attached hydrogens (primary N) is 1. The monoisotopic (exact) mass is 173 g/mol. The van der Waals surface area contributed by atoms with E-state index in [1.807, 2.05) is 12.1 Å². The van der Waals surface area contributed by atoms with Crippen molar-refractivity contribution in [3.63, 3.8) is 0 Å². The third-order valence-corrected chi connectivity index (χ3v) is 2.81. The van der Waals surface area contributed by atoms with E-state index >= 15 is 0 Å². The second kappa shape index (κ2) is 2.38. The van der Waals surface area contributed by atoms with E-state index in [0.29, 0.717) is 0 Å². The number of allylic oxidation sites excluding steroid dienone is 1. The summed E-state index contributed by atoms with van der Waals surface area (Å²) in [4.78, 5) is 0. The van der Waals surface area contributed by atoms with Gasteiger partial charge in [0.15, 0.2) is 0 Å². The van der Waals surface area contributed by atoms with Gasteiger partial charge in [0.05, 0.1) is 0 Å². The summed E-state index contributed by atoms with van der Waals surface area (Å²) >= 11 is 0. The van der Waals surface area contributed by atoms with Crippen LogP contribution in [0.25, 0.3) is 5.57 Å². The van der Waals surface area contributed by atoms with E-state index < -0.39 is 0 Å². The first kappa shape index (κ1) is 8.36. The van der Waals surface area contributed by atoms with Gasteiger partial charge in [-0.05, 0) is 40.7 Å². The Morgan fingerprint density at radius 3 is 2.77 bits per heavy atom. The van der Waals surface area contributed by atoms with Gasteiger partial charge < -0.3 is 5.73 Å². The molecule has 1 nitrogen and oxygen atoms in total. The van der Waals surface area contributed by atoms with Crippen LogP contribution in [0.4, 0.5) is 5.69 Å². The molecule has 0 fully saturated rings. The fourth-order valence-corrected chi connectivity index (χ4v) is 2.17. The third-order valence-electron chi connectivity index (χ3n) is 2.81. The Labute approximate surface area is 79.3 Å². The van der Waals surface area contributed by atoms with Crippen LogP contribution in [0.2, 0.25) is 0 Å². The number of rotatable bonds is 0. The molecule has 0 amide bonds. The maximum Gasteiger partial charge on any atom is 0.0320 e. The minimum Gasteiger partial charge on any atom is -0.399 e. The molecule has 0 aromatic heterocycles. The minimum absolute atomic E-state index is 0.236. The molecular weight excluding hydrogens is 158 g/mol. The molecule has 1 heteroatoms. The second-order valence-electron chi connectivity index (χ2n) is 4.47. The number of hydrogen-bond acceptors (Lipinski definition) is 1. The number of anilines is 1. The predicted octanol–water partition coefficient (Wildman–Crippen LogP) is 2.96. The minimum atomic E-state index is 0.236. The summed E-state index contributed by atoms with van der Waals surface area (Å²) in [7, 11) is 0. The highest BCUT2D eigenvalue weighted by Crippen LogP contribution is 2.44. The van der Waals surface area contributed by atoms with Gasteiger partial charge in [-0.3, -0.25) is 0 Å². The molecule has 1 aromatic carbocycles.